The van der Waals surface area contributed by atoms with Gasteiger partial charge in [-0.15, -0.1) is 0 Å². The zero-order chi connectivity index (χ0) is 14.5. The fraction of sp³-hybridized carbons (Fsp3) is 0.692. The van der Waals surface area contributed by atoms with E-state index in [0.29, 0.717) is 25.1 Å². The van der Waals surface area contributed by atoms with Crippen molar-refractivity contribution in [2.45, 2.75) is 44.9 Å². The fourth-order valence-electron chi connectivity index (χ4n) is 2.18. The van der Waals surface area contributed by atoms with Crippen molar-refractivity contribution in [2.24, 2.45) is 5.73 Å². The van der Waals surface area contributed by atoms with E-state index in [9.17, 15) is 13.2 Å². The number of nitrogens with two attached hydrogens (primary N) is 1. The van der Waals surface area contributed by atoms with Gasteiger partial charge in [-0.3, -0.25) is 4.90 Å². The van der Waals surface area contributed by atoms with Gasteiger partial charge in [0.25, 0.3) is 0 Å². The molecule has 1 rings (SSSR count). The van der Waals surface area contributed by atoms with Crippen LogP contribution in [0.1, 0.15) is 38.5 Å². The summed E-state index contributed by atoms with van der Waals surface area (Å²) in [4.78, 5) is 1.35. The third-order valence-corrected chi connectivity index (χ3v) is 3.00. The molecule has 0 radical (unpaired) electrons. The van der Waals surface area contributed by atoms with Crippen LogP contribution in [0.25, 0.3) is 0 Å². The Hall–Kier alpha value is -1.01. The molecule has 0 fully saturated rings. The summed E-state index contributed by atoms with van der Waals surface area (Å²) < 4.78 is 43.3. The van der Waals surface area contributed by atoms with Crippen molar-refractivity contribution in [3.05, 3.63) is 24.2 Å². The van der Waals surface area contributed by atoms with Crippen molar-refractivity contribution in [1.29, 1.82) is 0 Å². The molecule has 0 aromatic carbocycles. The van der Waals surface area contributed by atoms with Crippen LogP contribution >= 0.6 is 0 Å². The minimum absolute atomic E-state index is 0.332. The first-order valence-electron chi connectivity index (χ1n) is 6.48. The van der Waals surface area contributed by atoms with E-state index in [0.717, 1.165) is 0 Å². The number of furan rings is 1. The quantitative estimate of drug-likeness (QED) is 0.832. The van der Waals surface area contributed by atoms with E-state index in [2.05, 4.69) is 0 Å². The highest BCUT2D eigenvalue weighted by atomic mass is 19.4. The van der Waals surface area contributed by atoms with Crippen LogP contribution in [-0.4, -0.2) is 30.2 Å². The molecule has 0 saturated heterocycles. The summed E-state index contributed by atoms with van der Waals surface area (Å²) in [7, 11) is 0. The van der Waals surface area contributed by atoms with Crippen molar-refractivity contribution >= 4 is 0 Å². The van der Waals surface area contributed by atoms with Gasteiger partial charge < -0.3 is 10.2 Å². The molecular formula is C13H21F3N2O. The molecule has 0 aliphatic rings. The topological polar surface area (TPSA) is 42.4 Å². The second kappa shape index (κ2) is 6.96. The molecule has 0 aliphatic heterocycles. The Balaban J connectivity index is 2.97. The van der Waals surface area contributed by atoms with Crippen molar-refractivity contribution in [3.63, 3.8) is 0 Å². The summed E-state index contributed by atoms with van der Waals surface area (Å²) >= 11 is 0. The molecular weight excluding hydrogens is 257 g/mol. The van der Waals surface area contributed by atoms with E-state index < -0.39 is 18.8 Å². The van der Waals surface area contributed by atoms with E-state index in [1.54, 1.807) is 12.1 Å². The van der Waals surface area contributed by atoms with Crippen LogP contribution in [0.3, 0.4) is 0 Å². The maximum absolute atomic E-state index is 12.7. The minimum atomic E-state index is -4.24. The predicted molar refractivity (Wildman–Crippen MR) is 67.6 cm³/mol. The zero-order valence-corrected chi connectivity index (χ0v) is 11.3. The normalized spacial score (nSPS) is 15.7. The lowest BCUT2D eigenvalue weighted by molar-refractivity contribution is -0.153. The summed E-state index contributed by atoms with van der Waals surface area (Å²) in [6.45, 7) is 3.07. The third kappa shape index (κ3) is 4.87. The SMILES string of the molecule is CCCN(CC(F)(F)F)C(c1ccco1)C(N)CC. The number of rotatable bonds is 7. The lowest BCUT2D eigenvalue weighted by Gasteiger charge is -2.34. The first kappa shape index (κ1) is 16.0. The van der Waals surface area contributed by atoms with Crippen LogP contribution in [0.4, 0.5) is 13.2 Å². The summed E-state index contributed by atoms with van der Waals surface area (Å²) in [5.41, 5.74) is 5.99. The largest absolute Gasteiger partial charge is 0.468 e. The van der Waals surface area contributed by atoms with Gasteiger partial charge in [0.05, 0.1) is 18.8 Å². The molecule has 110 valence electrons. The molecule has 1 heterocycles. The molecule has 0 spiro atoms. The molecule has 2 N–H and O–H groups in total. The van der Waals surface area contributed by atoms with E-state index in [1.807, 2.05) is 13.8 Å². The van der Waals surface area contributed by atoms with E-state index >= 15 is 0 Å². The number of hydrogen-bond donors (Lipinski definition) is 1. The molecule has 0 bridgehead atoms. The van der Waals surface area contributed by atoms with Crippen LogP contribution in [0.15, 0.2) is 22.8 Å². The highest BCUT2D eigenvalue weighted by molar-refractivity contribution is 5.08. The first-order valence-corrected chi connectivity index (χ1v) is 6.48. The standard InChI is InChI=1S/C13H21F3N2O/c1-3-7-18(9-13(14,15)16)12(10(17)4-2)11-6-5-8-19-11/h5-6,8,10,12H,3-4,7,9,17H2,1-2H3. The molecule has 19 heavy (non-hydrogen) atoms. The van der Waals surface area contributed by atoms with E-state index in [4.69, 9.17) is 10.2 Å². The number of nitrogens with zero attached hydrogens (tertiary/aromatic N) is 1. The van der Waals surface area contributed by atoms with Crippen molar-refractivity contribution in [3.8, 4) is 0 Å². The summed E-state index contributed by atoms with van der Waals surface area (Å²) in [5, 5.41) is 0. The van der Waals surface area contributed by atoms with Crippen molar-refractivity contribution in [2.75, 3.05) is 13.1 Å². The highest BCUT2D eigenvalue weighted by Gasteiger charge is 2.36. The van der Waals surface area contributed by atoms with Gasteiger partial charge in [-0.25, -0.2) is 0 Å². The third-order valence-electron chi connectivity index (χ3n) is 3.00. The molecule has 0 saturated carbocycles. The van der Waals surface area contributed by atoms with Crippen LogP contribution in [-0.2, 0) is 0 Å². The van der Waals surface area contributed by atoms with Gasteiger partial charge in [-0.2, -0.15) is 13.2 Å². The Kier molecular flexibility index (Phi) is 5.87. The highest BCUT2D eigenvalue weighted by Crippen LogP contribution is 2.29. The Morgan fingerprint density at radius 2 is 2.05 bits per heavy atom. The molecule has 1 aromatic rings. The van der Waals surface area contributed by atoms with Crippen LogP contribution < -0.4 is 5.73 Å². The van der Waals surface area contributed by atoms with Crippen LogP contribution in [0.5, 0.6) is 0 Å². The average Bonchev–Trinajstić information content (AvgIpc) is 2.80. The van der Waals surface area contributed by atoms with Crippen molar-refractivity contribution < 1.29 is 17.6 Å². The van der Waals surface area contributed by atoms with Gasteiger partial charge in [0.15, 0.2) is 0 Å². The second-order valence-corrected chi connectivity index (χ2v) is 4.62. The summed E-state index contributed by atoms with van der Waals surface area (Å²) in [5.74, 6) is 0.493. The number of alkyl halides is 3. The van der Waals surface area contributed by atoms with Gasteiger partial charge in [-0.05, 0) is 31.5 Å². The predicted octanol–water partition coefficient (Wildman–Crippen LogP) is 3.33. The van der Waals surface area contributed by atoms with E-state index in [-0.39, 0.29) is 6.04 Å². The lowest BCUT2D eigenvalue weighted by atomic mass is 10.0. The maximum Gasteiger partial charge on any atom is 0.401 e. The van der Waals surface area contributed by atoms with E-state index in [1.165, 1.54) is 11.2 Å². The first-order chi connectivity index (χ1) is 8.89. The maximum atomic E-state index is 12.7. The molecule has 3 nitrogen and oxygen atoms in total. The second-order valence-electron chi connectivity index (χ2n) is 4.62. The number of halogens is 3. The Morgan fingerprint density at radius 1 is 1.37 bits per heavy atom. The number of hydrogen-bond acceptors (Lipinski definition) is 3. The Bertz CT molecular complexity index is 351. The lowest BCUT2D eigenvalue weighted by Crippen LogP contribution is -2.45. The smallest absolute Gasteiger partial charge is 0.401 e. The van der Waals surface area contributed by atoms with Crippen LogP contribution in [0, 0.1) is 0 Å². The van der Waals surface area contributed by atoms with Crippen LogP contribution in [0.2, 0.25) is 0 Å². The zero-order valence-electron chi connectivity index (χ0n) is 11.3. The molecule has 2 unspecified atom stereocenters. The molecule has 6 heteroatoms. The Labute approximate surface area is 111 Å². The average molecular weight is 278 g/mol. The monoisotopic (exact) mass is 278 g/mol. The molecule has 0 aliphatic carbocycles. The minimum Gasteiger partial charge on any atom is -0.468 e. The van der Waals surface area contributed by atoms with Gasteiger partial charge in [0.1, 0.15) is 5.76 Å². The van der Waals surface area contributed by atoms with Gasteiger partial charge in [0, 0.05) is 6.04 Å². The van der Waals surface area contributed by atoms with Gasteiger partial charge in [0.2, 0.25) is 0 Å². The summed E-state index contributed by atoms with van der Waals surface area (Å²) in [6.07, 6.45) is -1.57. The fourth-order valence-corrected chi connectivity index (χ4v) is 2.18. The summed E-state index contributed by atoms with van der Waals surface area (Å²) in [6, 6.07) is 2.42. The molecule has 0 amide bonds. The van der Waals surface area contributed by atoms with Crippen molar-refractivity contribution in [1.82, 2.24) is 4.90 Å². The molecule has 2 atom stereocenters. The van der Waals surface area contributed by atoms with Gasteiger partial charge >= 0.3 is 6.18 Å². The van der Waals surface area contributed by atoms with Gasteiger partial charge in [-0.1, -0.05) is 13.8 Å². The Morgan fingerprint density at radius 3 is 2.47 bits per heavy atom. The molecule has 1 aromatic heterocycles.